The third-order valence-corrected chi connectivity index (χ3v) is 4.93. The fourth-order valence-corrected chi connectivity index (χ4v) is 3.35. The molecule has 1 fully saturated rings. The number of pyridine rings is 1. The minimum absolute atomic E-state index is 0.0622. The van der Waals surface area contributed by atoms with E-state index in [0.29, 0.717) is 12.5 Å². The molecule has 3 rings (SSSR count). The zero-order valence-corrected chi connectivity index (χ0v) is 13.0. The second-order valence-electron chi connectivity index (χ2n) is 5.43. The zero-order chi connectivity index (χ0) is 16.4. The SMILES string of the molecule is O=C(COCC1CC1)NS(=O)(=O)c1ccc(F)c2ncccc12. The summed E-state index contributed by atoms with van der Waals surface area (Å²) >= 11 is 0. The Morgan fingerprint density at radius 1 is 1.35 bits per heavy atom. The van der Waals surface area contributed by atoms with Gasteiger partial charge in [0, 0.05) is 11.6 Å². The summed E-state index contributed by atoms with van der Waals surface area (Å²) in [6.07, 6.45) is 3.52. The van der Waals surface area contributed by atoms with Crippen LogP contribution in [-0.4, -0.2) is 32.5 Å². The van der Waals surface area contributed by atoms with Gasteiger partial charge in [-0.3, -0.25) is 9.78 Å². The molecule has 1 amide bonds. The van der Waals surface area contributed by atoms with Gasteiger partial charge in [0.1, 0.15) is 17.9 Å². The van der Waals surface area contributed by atoms with Gasteiger partial charge in [-0.2, -0.15) is 0 Å². The minimum atomic E-state index is -4.12. The first-order chi connectivity index (χ1) is 11.0. The van der Waals surface area contributed by atoms with Gasteiger partial charge in [0.2, 0.25) is 0 Å². The number of hydrogen-bond donors (Lipinski definition) is 1. The van der Waals surface area contributed by atoms with Crippen molar-refractivity contribution in [3.63, 3.8) is 0 Å². The summed E-state index contributed by atoms with van der Waals surface area (Å²) in [7, 11) is -4.12. The van der Waals surface area contributed by atoms with Crippen molar-refractivity contribution < 1.29 is 22.3 Å². The molecule has 122 valence electrons. The molecule has 0 bridgehead atoms. The smallest absolute Gasteiger partial charge is 0.264 e. The maximum Gasteiger partial charge on any atom is 0.264 e. The van der Waals surface area contributed by atoms with Gasteiger partial charge in [0.15, 0.2) is 0 Å². The highest BCUT2D eigenvalue weighted by Crippen LogP contribution is 2.28. The highest BCUT2D eigenvalue weighted by molar-refractivity contribution is 7.90. The van der Waals surface area contributed by atoms with Crippen LogP contribution in [-0.2, 0) is 19.6 Å². The molecule has 2 aromatic rings. The average Bonchev–Trinajstić information content (AvgIpc) is 3.31. The van der Waals surface area contributed by atoms with Gasteiger partial charge < -0.3 is 4.74 Å². The first-order valence-electron chi connectivity index (χ1n) is 7.14. The number of nitrogens with one attached hydrogen (secondary N) is 1. The molecular weight excluding hydrogens is 323 g/mol. The number of halogens is 1. The summed E-state index contributed by atoms with van der Waals surface area (Å²) < 4.78 is 45.5. The van der Waals surface area contributed by atoms with Crippen LogP contribution in [0.1, 0.15) is 12.8 Å². The Hall–Kier alpha value is -2.06. The summed E-state index contributed by atoms with van der Waals surface area (Å²) in [6.45, 7) is 0.129. The zero-order valence-electron chi connectivity index (χ0n) is 12.2. The Labute approximate surface area is 132 Å². The summed E-state index contributed by atoms with van der Waals surface area (Å²) in [5.41, 5.74) is -0.0622. The first kappa shape index (κ1) is 15.8. The van der Waals surface area contributed by atoms with Gasteiger partial charge >= 0.3 is 0 Å². The van der Waals surface area contributed by atoms with Gasteiger partial charge in [-0.05, 0) is 43.0 Å². The number of amides is 1. The van der Waals surface area contributed by atoms with Crippen molar-refractivity contribution in [3.8, 4) is 0 Å². The van der Waals surface area contributed by atoms with Gasteiger partial charge in [-0.1, -0.05) is 0 Å². The molecule has 8 heteroatoms. The standard InChI is InChI=1S/C15H15FN2O4S/c16-12-5-6-13(11-2-1-7-17-15(11)12)23(20,21)18-14(19)9-22-8-10-3-4-10/h1-2,5-7,10H,3-4,8-9H2,(H,18,19). The maximum atomic E-state index is 13.7. The number of fused-ring (bicyclic) bond motifs is 1. The number of ether oxygens (including phenoxy) is 1. The van der Waals surface area contributed by atoms with Gasteiger partial charge in [-0.15, -0.1) is 0 Å². The third kappa shape index (κ3) is 3.65. The Morgan fingerprint density at radius 2 is 2.13 bits per heavy atom. The van der Waals surface area contributed by atoms with E-state index in [1.54, 1.807) is 0 Å². The molecule has 0 radical (unpaired) electrons. The van der Waals surface area contributed by atoms with Crippen molar-refractivity contribution in [2.75, 3.05) is 13.2 Å². The molecule has 1 heterocycles. The predicted octanol–water partition coefficient (Wildman–Crippen LogP) is 1.61. The maximum absolute atomic E-state index is 13.7. The summed E-state index contributed by atoms with van der Waals surface area (Å²) in [4.78, 5) is 15.4. The largest absolute Gasteiger partial charge is 0.371 e. The third-order valence-electron chi connectivity index (χ3n) is 3.50. The van der Waals surface area contributed by atoms with E-state index in [9.17, 15) is 17.6 Å². The van der Waals surface area contributed by atoms with E-state index >= 15 is 0 Å². The molecule has 1 N–H and O–H groups in total. The normalized spacial score (nSPS) is 14.8. The minimum Gasteiger partial charge on any atom is -0.371 e. The van der Waals surface area contributed by atoms with Gasteiger partial charge in [-0.25, -0.2) is 17.5 Å². The fourth-order valence-electron chi connectivity index (χ4n) is 2.18. The van der Waals surface area contributed by atoms with Crippen molar-refractivity contribution in [1.82, 2.24) is 9.71 Å². The van der Waals surface area contributed by atoms with Crippen LogP contribution in [0.2, 0.25) is 0 Å². The number of rotatable bonds is 6. The average molecular weight is 338 g/mol. The van der Waals surface area contributed by atoms with Crippen molar-refractivity contribution in [2.45, 2.75) is 17.7 Å². The molecule has 1 aromatic heterocycles. The molecular formula is C15H15FN2O4S. The number of aromatic nitrogens is 1. The molecule has 0 unspecified atom stereocenters. The van der Waals surface area contributed by atoms with E-state index in [1.807, 2.05) is 4.72 Å². The van der Waals surface area contributed by atoms with Crippen LogP contribution in [0, 0.1) is 11.7 Å². The van der Waals surface area contributed by atoms with E-state index in [2.05, 4.69) is 4.98 Å². The summed E-state index contributed by atoms with van der Waals surface area (Å²) in [6, 6.07) is 5.06. The van der Waals surface area contributed by atoms with E-state index in [1.165, 1.54) is 18.3 Å². The Morgan fingerprint density at radius 3 is 2.87 bits per heavy atom. The molecule has 23 heavy (non-hydrogen) atoms. The lowest BCUT2D eigenvalue weighted by atomic mass is 10.2. The monoisotopic (exact) mass is 338 g/mol. The van der Waals surface area contributed by atoms with Crippen LogP contribution in [0.3, 0.4) is 0 Å². The van der Waals surface area contributed by atoms with Gasteiger partial charge in [0.25, 0.3) is 15.9 Å². The molecule has 0 spiro atoms. The number of carbonyl (C=O) groups excluding carboxylic acids is 1. The van der Waals surface area contributed by atoms with Crippen molar-refractivity contribution in [2.24, 2.45) is 5.92 Å². The second-order valence-corrected chi connectivity index (χ2v) is 7.08. The Kier molecular flexibility index (Phi) is 4.27. The van der Waals surface area contributed by atoms with E-state index in [4.69, 9.17) is 4.74 Å². The first-order valence-corrected chi connectivity index (χ1v) is 8.62. The lowest BCUT2D eigenvalue weighted by Gasteiger charge is -2.10. The Bertz CT molecular complexity index is 850. The molecule has 0 saturated heterocycles. The van der Waals surface area contributed by atoms with Crippen LogP contribution in [0.15, 0.2) is 35.4 Å². The molecule has 1 aromatic carbocycles. The highest BCUT2D eigenvalue weighted by atomic mass is 32.2. The Balaban J connectivity index is 1.79. The van der Waals surface area contributed by atoms with Crippen LogP contribution >= 0.6 is 0 Å². The topological polar surface area (TPSA) is 85.4 Å². The second kappa shape index (κ2) is 6.21. The number of hydrogen-bond acceptors (Lipinski definition) is 5. The van der Waals surface area contributed by atoms with Crippen LogP contribution in [0.5, 0.6) is 0 Å². The van der Waals surface area contributed by atoms with E-state index in [0.717, 1.165) is 25.0 Å². The lowest BCUT2D eigenvalue weighted by Crippen LogP contribution is -2.33. The molecule has 0 atom stereocenters. The fraction of sp³-hybridized carbons (Fsp3) is 0.333. The predicted molar refractivity (Wildman–Crippen MR) is 80.6 cm³/mol. The number of nitrogens with zero attached hydrogens (tertiary/aromatic N) is 1. The molecule has 1 aliphatic rings. The van der Waals surface area contributed by atoms with Crippen molar-refractivity contribution >= 4 is 26.8 Å². The van der Waals surface area contributed by atoms with Crippen molar-refractivity contribution in [1.29, 1.82) is 0 Å². The van der Waals surface area contributed by atoms with E-state index < -0.39 is 21.7 Å². The molecule has 0 aliphatic heterocycles. The van der Waals surface area contributed by atoms with E-state index in [-0.39, 0.29) is 22.4 Å². The summed E-state index contributed by atoms with van der Waals surface area (Å²) in [5.74, 6) is -0.905. The molecule has 1 aliphatic carbocycles. The summed E-state index contributed by atoms with van der Waals surface area (Å²) in [5, 5.41) is 0.117. The lowest BCUT2D eigenvalue weighted by molar-refractivity contribution is -0.124. The van der Waals surface area contributed by atoms with Crippen LogP contribution in [0.25, 0.3) is 10.9 Å². The number of sulfonamides is 1. The van der Waals surface area contributed by atoms with Gasteiger partial charge in [0.05, 0.1) is 11.5 Å². The number of carbonyl (C=O) groups is 1. The van der Waals surface area contributed by atoms with Crippen LogP contribution < -0.4 is 4.72 Å². The van der Waals surface area contributed by atoms with Crippen LogP contribution in [0.4, 0.5) is 4.39 Å². The van der Waals surface area contributed by atoms with Crippen molar-refractivity contribution in [3.05, 3.63) is 36.3 Å². The molecule has 1 saturated carbocycles. The number of benzene rings is 1. The highest BCUT2D eigenvalue weighted by Gasteiger charge is 2.24. The molecule has 6 nitrogen and oxygen atoms in total. The quantitative estimate of drug-likeness (QED) is 0.865.